The molecule has 0 fully saturated rings. The third kappa shape index (κ3) is 4.73. The van der Waals surface area contributed by atoms with Crippen LogP contribution in [0.4, 0.5) is 11.8 Å². The van der Waals surface area contributed by atoms with Crippen molar-refractivity contribution in [1.29, 1.82) is 0 Å². The maximum atomic E-state index is 12.8. The standard InChI is InChI=1S/C24H27N9O/c1-32(2)9-8-27-21-12-17(5-6-26-21)23(34)31-24-29-13-18-4-3-16(11-19(18)30-24)20-14-28-22-15-25-7-10-33(20)22/h3-6,11-14,25H,7-10,15H2,1-2H3,(H,26,27)(H,29,30,31,34). The van der Waals surface area contributed by atoms with Gasteiger partial charge in [-0.2, -0.15) is 0 Å². The largest absolute Gasteiger partial charge is 0.369 e. The summed E-state index contributed by atoms with van der Waals surface area (Å²) in [5.74, 6) is 1.65. The van der Waals surface area contributed by atoms with Gasteiger partial charge in [0.1, 0.15) is 11.6 Å². The molecule has 1 aliphatic rings. The lowest BCUT2D eigenvalue weighted by atomic mass is 10.1. The molecule has 4 heterocycles. The summed E-state index contributed by atoms with van der Waals surface area (Å²) >= 11 is 0. The van der Waals surface area contributed by atoms with E-state index in [1.807, 2.05) is 32.4 Å². The second-order valence-corrected chi connectivity index (χ2v) is 8.47. The Morgan fingerprint density at radius 1 is 1.15 bits per heavy atom. The molecule has 0 aliphatic carbocycles. The zero-order valence-corrected chi connectivity index (χ0v) is 19.2. The van der Waals surface area contributed by atoms with E-state index in [4.69, 9.17) is 0 Å². The van der Waals surface area contributed by atoms with E-state index in [1.54, 1.807) is 24.5 Å². The van der Waals surface area contributed by atoms with E-state index in [0.717, 1.165) is 60.7 Å². The number of likely N-dealkylation sites (N-methyl/N-ethyl adjacent to an activating group) is 1. The second kappa shape index (κ2) is 9.54. The molecule has 10 nitrogen and oxygen atoms in total. The van der Waals surface area contributed by atoms with E-state index in [0.29, 0.717) is 11.4 Å². The minimum absolute atomic E-state index is 0.257. The van der Waals surface area contributed by atoms with Gasteiger partial charge >= 0.3 is 0 Å². The Balaban J connectivity index is 1.34. The molecule has 0 radical (unpaired) electrons. The monoisotopic (exact) mass is 457 g/mol. The molecule has 3 aromatic heterocycles. The Hall–Kier alpha value is -3.89. The lowest BCUT2D eigenvalue weighted by Gasteiger charge is -2.17. The lowest BCUT2D eigenvalue weighted by Crippen LogP contribution is -2.28. The SMILES string of the molecule is CN(C)CCNc1cc(C(=O)Nc2ncc3ccc(-c4cnc5n4CCNC5)cc3n2)ccn1. The number of amides is 1. The van der Waals surface area contributed by atoms with Gasteiger partial charge in [-0.05, 0) is 32.3 Å². The molecular formula is C24H27N9O. The molecule has 1 aromatic carbocycles. The predicted molar refractivity (Wildman–Crippen MR) is 132 cm³/mol. The number of imidazole rings is 1. The van der Waals surface area contributed by atoms with E-state index < -0.39 is 0 Å². The highest BCUT2D eigenvalue weighted by atomic mass is 16.1. The number of benzene rings is 1. The average molecular weight is 458 g/mol. The van der Waals surface area contributed by atoms with Crippen molar-refractivity contribution < 1.29 is 4.79 Å². The van der Waals surface area contributed by atoms with Crippen LogP contribution < -0.4 is 16.0 Å². The van der Waals surface area contributed by atoms with Gasteiger partial charge in [0.15, 0.2) is 0 Å². The molecular weight excluding hydrogens is 430 g/mol. The van der Waals surface area contributed by atoms with Gasteiger partial charge in [-0.25, -0.2) is 19.9 Å². The highest BCUT2D eigenvalue weighted by Gasteiger charge is 2.16. The van der Waals surface area contributed by atoms with Crippen molar-refractivity contribution in [2.75, 3.05) is 44.4 Å². The van der Waals surface area contributed by atoms with Gasteiger partial charge in [0.25, 0.3) is 5.91 Å². The number of rotatable bonds is 7. The van der Waals surface area contributed by atoms with Gasteiger partial charge in [0.2, 0.25) is 5.95 Å². The zero-order valence-electron chi connectivity index (χ0n) is 19.2. The summed E-state index contributed by atoms with van der Waals surface area (Å²) in [6, 6.07) is 9.45. The van der Waals surface area contributed by atoms with Crippen LogP contribution in [0.3, 0.4) is 0 Å². The number of hydrogen-bond donors (Lipinski definition) is 3. The van der Waals surface area contributed by atoms with Gasteiger partial charge in [-0.1, -0.05) is 12.1 Å². The molecule has 1 amide bonds. The van der Waals surface area contributed by atoms with Crippen LogP contribution in [0.2, 0.25) is 0 Å². The number of nitrogens with one attached hydrogen (secondary N) is 3. The Labute approximate surface area is 197 Å². The predicted octanol–water partition coefficient (Wildman–Crippen LogP) is 2.22. The fourth-order valence-electron chi connectivity index (χ4n) is 3.92. The van der Waals surface area contributed by atoms with Crippen molar-refractivity contribution in [1.82, 2.24) is 34.7 Å². The van der Waals surface area contributed by atoms with E-state index in [9.17, 15) is 4.79 Å². The number of pyridine rings is 1. The fraction of sp³-hybridized carbons (Fsp3) is 0.292. The Kier molecular flexibility index (Phi) is 6.15. The third-order valence-corrected chi connectivity index (χ3v) is 5.72. The molecule has 1 aliphatic heterocycles. The fourth-order valence-corrected chi connectivity index (χ4v) is 3.92. The first-order valence-electron chi connectivity index (χ1n) is 11.2. The quantitative estimate of drug-likeness (QED) is 0.387. The van der Waals surface area contributed by atoms with Crippen molar-refractivity contribution in [3.8, 4) is 11.3 Å². The first-order chi connectivity index (χ1) is 16.6. The maximum absolute atomic E-state index is 12.8. The van der Waals surface area contributed by atoms with Gasteiger partial charge < -0.3 is 20.1 Å². The number of carbonyl (C=O) groups is 1. The number of carbonyl (C=O) groups excluding carboxylic acids is 1. The van der Waals surface area contributed by atoms with Gasteiger partial charge in [0, 0.05) is 55.1 Å². The first-order valence-corrected chi connectivity index (χ1v) is 11.2. The molecule has 0 saturated carbocycles. The molecule has 0 saturated heterocycles. The molecule has 0 bridgehead atoms. The van der Waals surface area contributed by atoms with Crippen molar-refractivity contribution in [3.63, 3.8) is 0 Å². The van der Waals surface area contributed by atoms with Crippen molar-refractivity contribution in [2.24, 2.45) is 0 Å². The summed E-state index contributed by atoms with van der Waals surface area (Å²) < 4.78 is 2.23. The molecule has 174 valence electrons. The van der Waals surface area contributed by atoms with Crippen molar-refractivity contribution in [2.45, 2.75) is 13.1 Å². The van der Waals surface area contributed by atoms with E-state index >= 15 is 0 Å². The zero-order chi connectivity index (χ0) is 23.5. The lowest BCUT2D eigenvalue weighted by molar-refractivity contribution is 0.102. The van der Waals surface area contributed by atoms with Crippen LogP contribution in [0.25, 0.3) is 22.2 Å². The molecule has 4 aromatic rings. The number of aromatic nitrogens is 5. The summed E-state index contributed by atoms with van der Waals surface area (Å²) in [5.41, 5.74) is 3.34. The van der Waals surface area contributed by atoms with Crippen LogP contribution in [0, 0.1) is 0 Å². The Morgan fingerprint density at radius 2 is 2.06 bits per heavy atom. The van der Waals surface area contributed by atoms with Crippen LogP contribution >= 0.6 is 0 Å². The molecule has 3 N–H and O–H groups in total. The minimum Gasteiger partial charge on any atom is -0.369 e. The summed E-state index contributed by atoms with van der Waals surface area (Å²) in [6.45, 7) is 4.17. The normalized spacial score (nSPS) is 13.1. The highest BCUT2D eigenvalue weighted by molar-refractivity contribution is 6.04. The van der Waals surface area contributed by atoms with Crippen LogP contribution in [0.15, 0.2) is 48.9 Å². The molecule has 5 rings (SSSR count). The third-order valence-electron chi connectivity index (χ3n) is 5.72. The van der Waals surface area contributed by atoms with Crippen LogP contribution in [-0.2, 0) is 13.1 Å². The van der Waals surface area contributed by atoms with Gasteiger partial charge in [-0.15, -0.1) is 0 Å². The molecule has 0 unspecified atom stereocenters. The number of nitrogens with zero attached hydrogens (tertiary/aromatic N) is 6. The van der Waals surface area contributed by atoms with Crippen LogP contribution in [0.5, 0.6) is 0 Å². The summed E-state index contributed by atoms with van der Waals surface area (Å²) in [7, 11) is 4.01. The van der Waals surface area contributed by atoms with Gasteiger partial charge in [0.05, 0.1) is 24.0 Å². The van der Waals surface area contributed by atoms with E-state index in [-0.39, 0.29) is 11.9 Å². The van der Waals surface area contributed by atoms with Crippen LogP contribution in [0.1, 0.15) is 16.2 Å². The smallest absolute Gasteiger partial charge is 0.258 e. The molecule has 34 heavy (non-hydrogen) atoms. The highest BCUT2D eigenvalue weighted by Crippen LogP contribution is 2.26. The van der Waals surface area contributed by atoms with Gasteiger partial charge in [-0.3, -0.25) is 10.1 Å². The van der Waals surface area contributed by atoms with Crippen molar-refractivity contribution in [3.05, 3.63) is 60.3 Å². The van der Waals surface area contributed by atoms with Crippen molar-refractivity contribution >= 4 is 28.6 Å². The number of hydrogen-bond acceptors (Lipinski definition) is 8. The molecule has 10 heteroatoms. The summed E-state index contributed by atoms with van der Waals surface area (Å²) in [5, 5.41) is 10.3. The number of fused-ring (bicyclic) bond motifs is 2. The molecule has 0 spiro atoms. The van der Waals surface area contributed by atoms with Crippen LogP contribution in [-0.4, -0.2) is 69.0 Å². The maximum Gasteiger partial charge on any atom is 0.258 e. The average Bonchev–Trinajstić information content (AvgIpc) is 3.28. The Bertz CT molecular complexity index is 1330. The minimum atomic E-state index is -0.286. The second-order valence-electron chi connectivity index (χ2n) is 8.47. The first kappa shape index (κ1) is 21.9. The number of anilines is 2. The van der Waals surface area contributed by atoms with E-state index in [2.05, 4.69) is 51.4 Å². The van der Waals surface area contributed by atoms with E-state index in [1.165, 1.54) is 0 Å². The summed E-state index contributed by atoms with van der Waals surface area (Å²) in [4.78, 5) is 32.6. The molecule has 0 atom stereocenters. The topological polar surface area (TPSA) is 113 Å². The Morgan fingerprint density at radius 3 is 2.94 bits per heavy atom. The summed E-state index contributed by atoms with van der Waals surface area (Å²) in [6.07, 6.45) is 5.24.